The van der Waals surface area contributed by atoms with Gasteiger partial charge in [0.15, 0.2) is 5.92 Å². The summed E-state index contributed by atoms with van der Waals surface area (Å²) >= 11 is 0. The summed E-state index contributed by atoms with van der Waals surface area (Å²) in [6.07, 6.45) is 0. The first-order valence-corrected chi connectivity index (χ1v) is 7.04. The predicted octanol–water partition coefficient (Wildman–Crippen LogP) is 2.91. The van der Waals surface area contributed by atoms with Crippen LogP contribution in [0.3, 0.4) is 0 Å². The average molecular weight is 319 g/mol. The normalized spacial score (nSPS) is 14.5. The molecule has 0 unspecified atom stereocenters. The van der Waals surface area contributed by atoms with Crippen LogP contribution in [0, 0.1) is 5.92 Å². The van der Waals surface area contributed by atoms with E-state index in [1.54, 1.807) is 37.3 Å². The van der Waals surface area contributed by atoms with E-state index in [2.05, 4.69) is 0 Å². The molecule has 0 radical (unpaired) electrons. The van der Waals surface area contributed by atoms with Crippen LogP contribution in [-0.4, -0.2) is 33.2 Å². The third-order valence-corrected chi connectivity index (χ3v) is 3.89. The largest absolute Gasteiger partial charge is 0.497 e. The van der Waals surface area contributed by atoms with Crippen molar-refractivity contribution < 1.29 is 27.9 Å². The quantitative estimate of drug-likeness (QED) is 0.626. The summed E-state index contributed by atoms with van der Waals surface area (Å²) in [5, 5.41) is 1.59. The van der Waals surface area contributed by atoms with Crippen LogP contribution in [0.2, 0.25) is 0 Å². The molecular formula is C18H20O5. The number of methoxy groups -OCH3 is 3. The van der Waals surface area contributed by atoms with Crippen LogP contribution in [0.4, 0.5) is 0 Å². The fourth-order valence-electron chi connectivity index (χ4n) is 2.54. The summed E-state index contributed by atoms with van der Waals surface area (Å²) in [6, 6.07) is 10.3. The van der Waals surface area contributed by atoms with Crippen molar-refractivity contribution in [3.63, 3.8) is 0 Å². The van der Waals surface area contributed by atoms with Crippen molar-refractivity contribution in [2.45, 2.75) is 12.8 Å². The van der Waals surface area contributed by atoms with Crippen molar-refractivity contribution >= 4 is 22.7 Å². The summed E-state index contributed by atoms with van der Waals surface area (Å²) in [4.78, 5) is 24.0. The van der Waals surface area contributed by atoms with Crippen LogP contribution in [0.25, 0.3) is 10.8 Å². The van der Waals surface area contributed by atoms with Gasteiger partial charge in [-0.3, -0.25) is 9.59 Å². The summed E-state index contributed by atoms with van der Waals surface area (Å²) in [5.74, 6) is -2.62. The minimum atomic E-state index is -2.52. The van der Waals surface area contributed by atoms with Crippen LogP contribution in [-0.2, 0) is 19.1 Å². The van der Waals surface area contributed by atoms with Gasteiger partial charge in [0, 0.05) is 5.92 Å². The van der Waals surface area contributed by atoms with E-state index in [9.17, 15) is 9.59 Å². The van der Waals surface area contributed by atoms with Gasteiger partial charge in [0.1, 0.15) is 5.75 Å². The zero-order valence-electron chi connectivity index (χ0n) is 16.2. The van der Waals surface area contributed by atoms with Crippen LogP contribution >= 0.6 is 0 Å². The Morgan fingerprint density at radius 1 is 1.00 bits per heavy atom. The van der Waals surface area contributed by atoms with Crippen LogP contribution in [0.15, 0.2) is 36.4 Å². The number of esters is 2. The zero-order chi connectivity index (χ0) is 19.5. The number of ether oxygens (including phenoxy) is 3. The number of rotatable bonds is 5. The minimum Gasteiger partial charge on any atom is -0.497 e. The van der Waals surface area contributed by atoms with Gasteiger partial charge < -0.3 is 14.2 Å². The van der Waals surface area contributed by atoms with Crippen LogP contribution < -0.4 is 4.74 Å². The Bertz CT molecular complexity index is 800. The second-order valence-electron chi connectivity index (χ2n) is 5.18. The maximum atomic E-state index is 12.0. The molecule has 0 bridgehead atoms. The number of hydrogen-bond acceptors (Lipinski definition) is 5. The molecule has 2 aromatic carbocycles. The van der Waals surface area contributed by atoms with Gasteiger partial charge in [-0.25, -0.2) is 0 Å². The highest BCUT2D eigenvalue weighted by molar-refractivity contribution is 5.96. The van der Waals surface area contributed by atoms with Crippen LogP contribution in [0.5, 0.6) is 5.75 Å². The highest BCUT2D eigenvalue weighted by Gasteiger charge is 2.35. The maximum absolute atomic E-state index is 12.0. The lowest BCUT2D eigenvalue weighted by atomic mass is 9.86. The number of carbonyl (C=O) groups excluding carboxylic acids is 2. The Balaban J connectivity index is 2.36. The van der Waals surface area contributed by atoms with Crippen molar-refractivity contribution in [1.82, 2.24) is 0 Å². The van der Waals surface area contributed by atoms with Crippen LogP contribution in [0.1, 0.15) is 22.5 Å². The van der Waals surface area contributed by atoms with Crippen molar-refractivity contribution in [2.24, 2.45) is 5.92 Å². The lowest BCUT2D eigenvalue weighted by molar-refractivity contribution is -0.159. The van der Waals surface area contributed by atoms with E-state index in [1.165, 1.54) is 14.2 Å². The molecule has 0 amide bonds. The van der Waals surface area contributed by atoms with Gasteiger partial charge in [-0.05, 0) is 28.5 Å². The number of benzene rings is 2. The Hall–Kier alpha value is -2.56. The highest BCUT2D eigenvalue weighted by Crippen LogP contribution is 2.30. The number of hydrogen-bond donors (Lipinski definition) is 0. The molecule has 5 nitrogen and oxygen atoms in total. The molecule has 0 aliphatic carbocycles. The molecule has 0 spiro atoms. The predicted molar refractivity (Wildman–Crippen MR) is 86.4 cm³/mol. The summed E-state index contributed by atoms with van der Waals surface area (Å²) in [6.45, 7) is 1.74. The van der Waals surface area contributed by atoms with E-state index in [1.807, 2.05) is 6.07 Å². The maximum Gasteiger partial charge on any atom is 0.320 e. The molecule has 0 saturated heterocycles. The fourth-order valence-corrected chi connectivity index (χ4v) is 2.54. The monoisotopic (exact) mass is 319 g/mol. The van der Waals surface area contributed by atoms with Crippen molar-refractivity contribution in [3.8, 4) is 5.75 Å². The number of carbonyl (C=O) groups is 2. The standard InChI is InChI=1S/C18H20O5/c1-11(16(17(19)22-3)18(20)23-4)12-5-6-14-10-15(21-2)8-7-13(14)9-12/h5-11,16H,1-4H3/t11-/m0/s1/i2D3. The van der Waals surface area contributed by atoms with Gasteiger partial charge in [-0.2, -0.15) is 0 Å². The third-order valence-electron chi connectivity index (χ3n) is 3.89. The first-order valence-electron chi connectivity index (χ1n) is 8.54. The molecule has 2 aromatic rings. The van der Waals surface area contributed by atoms with Crippen molar-refractivity contribution in [3.05, 3.63) is 42.0 Å². The van der Waals surface area contributed by atoms with Gasteiger partial charge in [-0.1, -0.05) is 31.2 Å². The molecule has 5 heteroatoms. The smallest absolute Gasteiger partial charge is 0.320 e. The van der Waals surface area contributed by atoms with Crippen molar-refractivity contribution in [2.75, 3.05) is 21.3 Å². The molecule has 0 fully saturated rings. The molecule has 0 aliphatic heterocycles. The highest BCUT2D eigenvalue weighted by atomic mass is 16.5. The molecule has 122 valence electrons. The topological polar surface area (TPSA) is 61.8 Å². The lowest BCUT2D eigenvalue weighted by Crippen LogP contribution is -2.31. The third kappa shape index (κ3) is 3.44. The Kier molecular flexibility index (Phi) is 4.01. The van der Waals surface area contributed by atoms with Gasteiger partial charge in [-0.15, -0.1) is 0 Å². The Labute approximate surface area is 139 Å². The molecule has 0 aliphatic rings. The summed E-state index contributed by atoms with van der Waals surface area (Å²) < 4.78 is 35.8. The number of fused-ring (bicyclic) bond motifs is 1. The van der Waals surface area contributed by atoms with E-state index in [-0.39, 0.29) is 5.75 Å². The molecule has 0 aromatic heterocycles. The second kappa shape index (κ2) is 7.13. The first kappa shape index (κ1) is 12.9. The van der Waals surface area contributed by atoms with Gasteiger partial charge in [0.05, 0.1) is 25.4 Å². The van der Waals surface area contributed by atoms with E-state index in [0.717, 1.165) is 16.3 Å². The molecule has 0 heterocycles. The lowest BCUT2D eigenvalue weighted by Gasteiger charge is -2.20. The molecule has 0 N–H and O–H groups in total. The fraction of sp³-hybridized carbons (Fsp3) is 0.333. The molecule has 0 saturated carbocycles. The molecule has 23 heavy (non-hydrogen) atoms. The van der Waals surface area contributed by atoms with Gasteiger partial charge >= 0.3 is 11.9 Å². The SMILES string of the molecule is [2H]C([2H])([2H])Oc1ccc2cc([C@H](C)C(C(=O)OC)C(=O)OC)ccc2c1. The molecular weight excluding hydrogens is 296 g/mol. The van der Waals surface area contributed by atoms with E-state index in [0.29, 0.717) is 0 Å². The van der Waals surface area contributed by atoms with E-state index in [4.69, 9.17) is 18.3 Å². The van der Waals surface area contributed by atoms with E-state index >= 15 is 0 Å². The van der Waals surface area contributed by atoms with Gasteiger partial charge in [0.25, 0.3) is 0 Å². The molecule has 2 rings (SSSR count). The summed E-state index contributed by atoms with van der Waals surface area (Å²) in [7, 11) is -0.0773. The van der Waals surface area contributed by atoms with E-state index < -0.39 is 30.8 Å². The average Bonchev–Trinajstić information content (AvgIpc) is 2.59. The first-order chi connectivity index (χ1) is 12.2. The zero-order valence-corrected chi connectivity index (χ0v) is 13.2. The van der Waals surface area contributed by atoms with Crippen molar-refractivity contribution in [1.29, 1.82) is 0 Å². The minimum absolute atomic E-state index is 0.236. The molecule has 1 atom stereocenters. The van der Waals surface area contributed by atoms with Gasteiger partial charge in [0.2, 0.25) is 0 Å². The Morgan fingerprint density at radius 2 is 1.61 bits per heavy atom. The second-order valence-corrected chi connectivity index (χ2v) is 5.18. The summed E-state index contributed by atoms with van der Waals surface area (Å²) in [5.41, 5.74) is 0.753. The Morgan fingerprint density at radius 3 is 2.22 bits per heavy atom.